The lowest BCUT2D eigenvalue weighted by atomic mass is 10.0. The van der Waals surface area contributed by atoms with Crippen molar-refractivity contribution in [3.63, 3.8) is 0 Å². The second kappa shape index (κ2) is 9.10. The molecule has 0 saturated carbocycles. The minimum absolute atomic E-state index is 0.261. The maximum Gasteiger partial charge on any atom is 0.110 e. The van der Waals surface area contributed by atoms with Crippen LogP contribution >= 0.6 is 0 Å². The van der Waals surface area contributed by atoms with Crippen LogP contribution in [0.2, 0.25) is 0 Å². The summed E-state index contributed by atoms with van der Waals surface area (Å²) < 4.78 is 8.11. The third kappa shape index (κ3) is 4.96. The lowest BCUT2D eigenvalue weighted by Gasteiger charge is -2.27. The Hall–Kier alpha value is -0.870. The van der Waals surface area contributed by atoms with Gasteiger partial charge in [0.15, 0.2) is 0 Å². The number of ether oxygens (including phenoxy) is 1. The largest absolute Gasteiger partial charge is 0.377 e. The van der Waals surface area contributed by atoms with Crippen molar-refractivity contribution >= 4 is 0 Å². The summed E-state index contributed by atoms with van der Waals surface area (Å²) in [6, 6.07) is 0.341. The molecule has 0 aliphatic heterocycles. The molecule has 0 bridgehead atoms. The van der Waals surface area contributed by atoms with E-state index in [0.717, 1.165) is 44.8 Å². The van der Waals surface area contributed by atoms with Crippen molar-refractivity contribution in [2.75, 3.05) is 13.2 Å². The van der Waals surface area contributed by atoms with Crippen LogP contribution in [0.5, 0.6) is 0 Å². The monoisotopic (exact) mass is 267 g/mol. The number of nitrogens with one attached hydrogen (secondary N) is 1. The van der Waals surface area contributed by atoms with E-state index in [9.17, 15) is 0 Å². The van der Waals surface area contributed by atoms with Crippen molar-refractivity contribution in [1.82, 2.24) is 14.9 Å². The summed E-state index contributed by atoms with van der Waals surface area (Å²) in [7, 11) is 0. The smallest absolute Gasteiger partial charge is 0.110 e. The third-order valence-corrected chi connectivity index (χ3v) is 3.37. The van der Waals surface area contributed by atoms with Gasteiger partial charge in [-0.15, -0.1) is 0 Å². The number of rotatable bonds is 10. The van der Waals surface area contributed by atoms with E-state index in [2.05, 4.69) is 48.8 Å². The normalized spacial score (nSPS) is 14.5. The Morgan fingerprint density at radius 2 is 2.11 bits per heavy atom. The van der Waals surface area contributed by atoms with Gasteiger partial charge in [0.05, 0.1) is 6.10 Å². The Balaban J connectivity index is 2.73. The van der Waals surface area contributed by atoms with Gasteiger partial charge < -0.3 is 14.6 Å². The summed E-state index contributed by atoms with van der Waals surface area (Å²) in [6.45, 7) is 11.4. The standard InChI is InChI=1S/C15H29N3O/c1-5-10-18-11-9-17-15(18)12-13(16-7-3)14(6-2)19-8-4/h9,11,13-14,16H,5-8,10,12H2,1-4H3. The number of likely N-dealkylation sites (N-methyl/N-ethyl adjacent to an activating group) is 1. The third-order valence-electron chi connectivity index (χ3n) is 3.37. The van der Waals surface area contributed by atoms with Crippen molar-refractivity contribution in [3.05, 3.63) is 18.2 Å². The van der Waals surface area contributed by atoms with Crippen molar-refractivity contribution in [3.8, 4) is 0 Å². The number of hydrogen-bond donors (Lipinski definition) is 1. The molecular weight excluding hydrogens is 238 g/mol. The number of aryl methyl sites for hydroxylation is 1. The quantitative estimate of drug-likeness (QED) is 0.708. The fourth-order valence-corrected chi connectivity index (χ4v) is 2.50. The SMILES string of the molecule is CCCn1ccnc1CC(NCC)C(CC)OCC. The van der Waals surface area contributed by atoms with Crippen LogP contribution < -0.4 is 5.32 Å². The van der Waals surface area contributed by atoms with E-state index in [1.165, 1.54) is 0 Å². The molecular formula is C15H29N3O. The summed E-state index contributed by atoms with van der Waals surface area (Å²) in [5.74, 6) is 1.16. The molecule has 2 unspecified atom stereocenters. The maximum atomic E-state index is 5.85. The molecule has 4 heteroatoms. The summed E-state index contributed by atoms with van der Waals surface area (Å²) in [5, 5.41) is 3.55. The van der Waals surface area contributed by atoms with Gasteiger partial charge in [0, 0.05) is 38.0 Å². The molecule has 1 rings (SSSR count). The second-order valence-corrected chi connectivity index (χ2v) is 4.81. The van der Waals surface area contributed by atoms with Gasteiger partial charge in [0.1, 0.15) is 5.82 Å². The van der Waals surface area contributed by atoms with Gasteiger partial charge in [-0.25, -0.2) is 4.98 Å². The Labute approximate surface area is 117 Å². The molecule has 1 N–H and O–H groups in total. The zero-order valence-corrected chi connectivity index (χ0v) is 12.9. The molecule has 0 aliphatic carbocycles. The van der Waals surface area contributed by atoms with Crippen molar-refractivity contribution in [1.29, 1.82) is 0 Å². The van der Waals surface area contributed by atoms with Crippen LogP contribution in [0.25, 0.3) is 0 Å². The summed E-state index contributed by atoms with van der Waals surface area (Å²) in [6.07, 6.45) is 7.33. The molecule has 2 atom stereocenters. The van der Waals surface area contributed by atoms with Gasteiger partial charge in [-0.1, -0.05) is 20.8 Å². The molecule has 19 heavy (non-hydrogen) atoms. The Bertz CT molecular complexity index is 338. The van der Waals surface area contributed by atoms with Gasteiger partial charge in [-0.2, -0.15) is 0 Å². The summed E-state index contributed by atoms with van der Waals surface area (Å²) in [5.41, 5.74) is 0. The minimum atomic E-state index is 0.261. The Morgan fingerprint density at radius 3 is 2.68 bits per heavy atom. The lowest BCUT2D eigenvalue weighted by molar-refractivity contribution is 0.0316. The van der Waals surface area contributed by atoms with Crippen LogP contribution in [0.3, 0.4) is 0 Å². The van der Waals surface area contributed by atoms with Crippen LogP contribution in [-0.2, 0) is 17.7 Å². The highest BCUT2D eigenvalue weighted by Gasteiger charge is 2.21. The fraction of sp³-hybridized carbons (Fsp3) is 0.800. The first-order valence-corrected chi connectivity index (χ1v) is 7.61. The number of hydrogen-bond acceptors (Lipinski definition) is 3. The average Bonchev–Trinajstić information content (AvgIpc) is 2.83. The van der Waals surface area contributed by atoms with Crippen LogP contribution in [0.15, 0.2) is 12.4 Å². The van der Waals surface area contributed by atoms with E-state index in [0.29, 0.717) is 6.04 Å². The molecule has 1 aromatic rings. The van der Waals surface area contributed by atoms with E-state index in [4.69, 9.17) is 4.74 Å². The minimum Gasteiger partial charge on any atom is -0.377 e. The molecule has 0 aromatic carbocycles. The van der Waals surface area contributed by atoms with Gasteiger partial charge in [0.25, 0.3) is 0 Å². The molecule has 0 fully saturated rings. The van der Waals surface area contributed by atoms with Gasteiger partial charge in [-0.05, 0) is 26.3 Å². The predicted octanol–water partition coefficient (Wildman–Crippen LogP) is 2.63. The maximum absolute atomic E-state index is 5.85. The molecule has 0 amide bonds. The topological polar surface area (TPSA) is 39.1 Å². The van der Waals surface area contributed by atoms with E-state index in [-0.39, 0.29) is 6.10 Å². The van der Waals surface area contributed by atoms with Crippen LogP contribution in [-0.4, -0.2) is 34.8 Å². The van der Waals surface area contributed by atoms with Crippen molar-refractivity contribution in [2.24, 2.45) is 0 Å². The van der Waals surface area contributed by atoms with Gasteiger partial charge >= 0.3 is 0 Å². The summed E-state index contributed by atoms with van der Waals surface area (Å²) in [4.78, 5) is 4.50. The molecule has 0 aliphatic rings. The Morgan fingerprint density at radius 1 is 1.32 bits per heavy atom. The highest BCUT2D eigenvalue weighted by Crippen LogP contribution is 2.11. The van der Waals surface area contributed by atoms with Crippen LogP contribution in [0.1, 0.15) is 46.4 Å². The zero-order chi connectivity index (χ0) is 14.1. The lowest BCUT2D eigenvalue weighted by Crippen LogP contribution is -2.43. The zero-order valence-electron chi connectivity index (χ0n) is 12.9. The van der Waals surface area contributed by atoms with E-state index in [1.807, 2.05) is 6.20 Å². The number of nitrogens with zero attached hydrogens (tertiary/aromatic N) is 2. The molecule has 4 nitrogen and oxygen atoms in total. The van der Waals surface area contributed by atoms with E-state index < -0.39 is 0 Å². The number of aromatic nitrogens is 2. The molecule has 0 radical (unpaired) electrons. The fourth-order valence-electron chi connectivity index (χ4n) is 2.50. The van der Waals surface area contributed by atoms with Crippen molar-refractivity contribution < 1.29 is 4.74 Å². The molecule has 110 valence electrons. The molecule has 1 heterocycles. The van der Waals surface area contributed by atoms with Crippen molar-refractivity contribution in [2.45, 2.75) is 65.6 Å². The second-order valence-electron chi connectivity index (χ2n) is 4.81. The highest BCUT2D eigenvalue weighted by atomic mass is 16.5. The highest BCUT2D eigenvalue weighted by molar-refractivity contribution is 4.97. The van der Waals surface area contributed by atoms with E-state index in [1.54, 1.807) is 0 Å². The molecule has 0 spiro atoms. The van der Waals surface area contributed by atoms with E-state index >= 15 is 0 Å². The van der Waals surface area contributed by atoms with Gasteiger partial charge in [-0.3, -0.25) is 0 Å². The van der Waals surface area contributed by atoms with Crippen LogP contribution in [0.4, 0.5) is 0 Å². The molecule has 1 aromatic heterocycles. The molecule has 0 saturated heterocycles. The van der Waals surface area contributed by atoms with Crippen LogP contribution in [0, 0.1) is 0 Å². The Kier molecular flexibility index (Phi) is 7.75. The summed E-state index contributed by atoms with van der Waals surface area (Å²) >= 11 is 0. The number of imidazole rings is 1. The predicted molar refractivity (Wildman–Crippen MR) is 79.4 cm³/mol. The first-order valence-electron chi connectivity index (χ1n) is 7.61. The van der Waals surface area contributed by atoms with Gasteiger partial charge in [0.2, 0.25) is 0 Å². The average molecular weight is 267 g/mol. The first-order chi connectivity index (χ1) is 9.26. The first kappa shape index (κ1) is 16.2.